The number of hydrogen-bond acceptors (Lipinski definition) is 6. The van der Waals surface area contributed by atoms with Crippen LogP contribution in [-0.2, 0) is 4.79 Å². The molecule has 142 valence electrons. The molecular weight excluding hydrogens is 396 g/mol. The Hall–Kier alpha value is -3.10. The predicted octanol–water partition coefficient (Wildman–Crippen LogP) is 3.50. The quantitative estimate of drug-likeness (QED) is 0.430. The molecule has 0 aliphatic carbocycles. The highest BCUT2D eigenvalue weighted by atomic mass is 32.2. The van der Waals surface area contributed by atoms with Gasteiger partial charge in [-0.2, -0.15) is 5.01 Å². The van der Waals surface area contributed by atoms with Crippen molar-refractivity contribution in [2.24, 2.45) is 0 Å². The third kappa shape index (κ3) is 4.41. The van der Waals surface area contributed by atoms with Gasteiger partial charge < -0.3 is 9.84 Å². The first-order chi connectivity index (χ1) is 13.5. The number of ether oxygens (including phenoxy) is 1. The number of nitrogens with one attached hydrogen (secondary N) is 1. The van der Waals surface area contributed by atoms with Gasteiger partial charge in [0.2, 0.25) is 0 Å². The highest BCUT2D eigenvalue weighted by molar-refractivity contribution is 8.26. The van der Waals surface area contributed by atoms with Gasteiger partial charge in [-0.3, -0.25) is 15.0 Å². The normalized spacial score (nSPS) is 15.0. The summed E-state index contributed by atoms with van der Waals surface area (Å²) in [7, 11) is 0. The Balaban J connectivity index is 1.72. The molecule has 2 aromatic rings. The fourth-order valence-electron chi connectivity index (χ4n) is 2.36. The Morgan fingerprint density at radius 2 is 1.96 bits per heavy atom. The van der Waals surface area contributed by atoms with Gasteiger partial charge in [0.25, 0.3) is 11.8 Å². The Kier molecular flexibility index (Phi) is 6.13. The molecule has 3 rings (SSSR count). The number of rotatable bonds is 6. The first-order valence-corrected chi connectivity index (χ1v) is 9.43. The number of phenols is 1. The summed E-state index contributed by atoms with van der Waals surface area (Å²) < 4.78 is 5.62. The van der Waals surface area contributed by atoms with E-state index in [0.29, 0.717) is 17.3 Å². The molecule has 8 heteroatoms. The number of hydrogen-bond donors (Lipinski definition) is 2. The number of thioether (sulfide) groups is 1. The van der Waals surface area contributed by atoms with Crippen LogP contribution in [0.25, 0.3) is 6.08 Å². The standard InChI is InChI=1S/C20H16N2O4S2/c1-2-11-26-14-9-7-13(8-10-14)12-17-19(25)22(20(27)28-17)21-18(24)15-5-3-4-6-16(15)23/h2-10,12,23H,1,11H2,(H,21,24)/b17-12+. The summed E-state index contributed by atoms with van der Waals surface area (Å²) in [5.74, 6) is -0.551. The highest BCUT2D eigenvalue weighted by Crippen LogP contribution is 2.32. The average Bonchev–Trinajstić information content (AvgIpc) is 2.95. The molecule has 2 N–H and O–H groups in total. The van der Waals surface area contributed by atoms with Gasteiger partial charge in [0.05, 0.1) is 10.5 Å². The Morgan fingerprint density at radius 3 is 2.64 bits per heavy atom. The van der Waals surface area contributed by atoms with Gasteiger partial charge in [-0.15, -0.1) is 0 Å². The van der Waals surface area contributed by atoms with E-state index in [-0.39, 0.29) is 15.6 Å². The third-order valence-corrected chi connectivity index (χ3v) is 5.00. The molecule has 1 aliphatic heterocycles. The molecule has 2 amide bonds. The maximum atomic E-state index is 12.6. The third-order valence-electron chi connectivity index (χ3n) is 3.70. The van der Waals surface area contributed by atoms with E-state index in [9.17, 15) is 14.7 Å². The molecule has 0 aromatic heterocycles. The lowest BCUT2D eigenvalue weighted by molar-refractivity contribution is -0.123. The number of phenolic OH excluding ortho intramolecular Hbond substituents is 1. The monoisotopic (exact) mass is 412 g/mol. The number of thiocarbonyl (C=S) groups is 1. The van der Waals surface area contributed by atoms with Crippen molar-refractivity contribution in [3.05, 3.63) is 77.2 Å². The van der Waals surface area contributed by atoms with Gasteiger partial charge in [-0.1, -0.05) is 48.7 Å². The number of carbonyl (C=O) groups is 2. The van der Waals surface area contributed by atoms with E-state index in [1.807, 2.05) is 12.1 Å². The minimum absolute atomic E-state index is 0.0515. The summed E-state index contributed by atoms with van der Waals surface area (Å²) in [6.45, 7) is 4.00. The molecule has 1 saturated heterocycles. The lowest BCUT2D eigenvalue weighted by atomic mass is 10.2. The zero-order chi connectivity index (χ0) is 20.1. The summed E-state index contributed by atoms with van der Waals surface area (Å²) in [6.07, 6.45) is 3.34. The Labute approximate surface area is 171 Å². The second-order valence-electron chi connectivity index (χ2n) is 5.64. The number of hydrazine groups is 1. The minimum Gasteiger partial charge on any atom is -0.507 e. The van der Waals surface area contributed by atoms with Crippen LogP contribution in [0.1, 0.15) is 15.9 Å². The van der Waals surface area contributed by atoms with Gasteiger partial charge >= 0.3 is 0 Å². The second kappa shape index (κ2) is 8.73. The van der Waals surface area contributed by atoms with Gasteiger partial charge in [-0.25, -0.2) is 0 Å². The SMILES string of the molecule is C=CCOc1ccc(/C=C2/SC(=S)N(NC(=O)c3ccccc3O)C2=O)cc1. The first kappa shape index (κ1) is 19.7. The van der Waals surface area contributed by atoms with Crippen LogP contribution in [0.2, 0.25) is 0 Å². The lowest BCUT2D eigenvalue weighted by Crippen LogP contribution is -2.44. The van der Waals surface area contributed by atoms with Crippen LogP contribution in [0.5, 0.6) is 11.5 Å². The van der Waals surface area contributed by atoms with E-state index in [1.54, 1.807) is 36.4 Å². The number of aromatic hydroxyl groups is 1. The van der Waals surface area contributed by atoms with E-state index in [1.165, 1.54) is 12.1 Å². The maximum Gasteiger partial charge on any atom is 0.285 e. The fourth-order valence-corrected chi connectivity index (χ4v) is 3.54. The molecule has 0 radical (unpaired) electrons. The second-order valence-corrected chi connectivity index (χ2v) is 7.32. The number of para-hydroxylation sites is 1. The van der Waals surface area contributed by atoms with Gasteiger partial charge in [0, 0.05) is 0 Å². The van der Waals surface area contributed by atoms with Crippen molar-refractivity contribution in [2.75, 3.05) is 6.61 Å². The van der Waals surface area contributed by atoms with Gasteiger partial charge in [0.15, 0.2) is 4.32 Å². The Morgan fingerprint density at radius 1 is 1.25 bits per heavy atom. The molecule has 1 fully saturated rings. The number of carbonyl (C=O) groups excluding carboxylic acids is 2. The molecular formula is C20H16N2O4S2. The highest BCUT2D eigenvalue weighted by Gasteiger charge is 2.34. The van der Waals surface area contributed by atoms with Crippen molar-refractivity contribution in [1.82, 2.24) is 10.4 Å². The van der Waals surface area contributed by atoms with E-state index in [4.69, 9.17) is 17.0 Å². The molecule has 0 saturated carbocycles. The predicted molar refractivity (Wildman–Crippen MR) is 113 cm³/mol. The molecule has 6 nitrogen and oxygen atoms in total. The van der Waals surface area contributed by atoms with E-state index in [0.717, 1.165) is 22.3 Å². The van der Waals surface area contributed by atoms with Crippen molar-refractivity contribution >= 4 is 46.2 Å². The van der Waals surface area contributed by atoms with Gasteiger partial charge in [0.1, 0.15) is 18.1 Å². The smallest absolute Gasteiger partial charge is 0.285 e. The molecule has 0 spiro atoms. The molecule has 1 heterocycles. The fraction of sp³-hybridized carbons (Fsp3) is 0.0500. The molecule has 0 atom stereocenters. The average molecular weight is 412 g/mol. The van der Waals surface area contributed by atoms with Crippen LogP contribution < -0.4 is 10.2 Å². The van der Waals surface area contributed by atoms with Crippen LogP contribution in [0.4, 0.5) is 0 Å². The Bertz CT molecular complexity index is 970. The van der Waals surface area contributed by atoms with Crippen LogP contribution in [0.15, 0.2) is 66.1 Å². The van der Waals surface area contributed by atoms with E-state index < -0.39 is 11.8 Å². The molecule has 2 aromatic carbocycles. The summed E-state index contributed by atoms with van der Waals surface area (Å²) >= 11 is 6.28. The number of amides is 2. The molecule has 0 unspecified atom stereocenters. The summed E-state index contributed by atoms with van der Waals surface area (Å²) in [4.78, 5) is 25.3. The zero-order valence-corrected chi connectivity index (χ0v) is 16.3. The number of nitrogens with zero attached hydrogens (tertiary/aromatic N) is 1. The van der Waals surface area contributed by atoms with Crippen LogP contribution in [0, 0.1) is 0 Å². The topological polar surface area (TPSA) is 78.9 Å². The lowest BCUT2D eigenvalue weighted by Gasteiger charge is -2.16. The van der Waals surface area contributed by atoms with Crippen LogP contribution in [0.3, 0.4) is 0 Å². The van der Waals surface area contributed by atoms with Crippen molar-refractivity contribution in [2.45, 2.75) is 0 Å². The number of benzene rings is 2. The van der Waals surface area contributed by atoms with E-state index in [2.05, 4.69) is 12.0 Å². The van der Waals surface area contributed by atoms with Crippen LogP contribution in [-0.4, -0.2) is 32.9 Å². The van der Waals surface area contributed by atoms with E-state index >= 15 is 0 Å². The summed E-state index contributed by atoms with van der Waals surface area (Å²) in [5.41, 5.74) is 3.28. The summed E-state index contributed by atoms with van der Waals surface area (Å²) in [5, 5.41) is 10.8. The first-order valence-electron chi connectivity index (χ1n) is 8.20. The van der Waals surface area contributed by atoms with Crippen molar-refractivity contribution in [1.29, 1.82) is 0 Å². The summed E-state index contributed by atoms with van der Waals surface area (Å²) in [6, 6.07) is 13.3. The largest absolute Gasteiger partial charge is 0.507 e. The van der Waals surface area contributed by atoms with Crippen LogP contribution >= 0.6 is 24.0 Å². The zero-order valence-electron chi connectivity index (χ0n) is 14.6. The van der Waals surface area contributed by atoms with Crippen molar-refractivity contribution in [3.63, 3.8) is 0 Å². The molecule has 28 heavy (non-hydrogen) atoms. The molecule has 1 aliphatic rings. The minimum atomic E-state index is -0.626. The van der Waals surface area contributed by atoms with Crippen molar-refractivity contribution in [3.8, 4) is 11.5 Å². The van der Waals surface area contributed by atoms with Gasteiger partial charge in [-0.05, 0) is 48.1 Å². The van der Waals surface area contributed by atoms with Crippen molar-refractivity contribution < 1.29 is 19.4 Å². The molecule has 0 bridgehead atoms. The maximum absolute atomic E-state index is 12.6.